The molecule has 0 amide bonds. The first-order chi connectivity index (χ1) is 11.1. The van der Waals surface area contributed by atoms with Gasteiger partial charge in [-0.1, -0.05) is 24.3 Å². The van der Waals surface area contributed by atoms with Gasteiger partial charge in [-0.3, -0.25) is 0 Å². The first-order valence-corrected chi connectivity index (χ1v) is 7.15. The lowest BCUT2D eigenvalue weighted by Gasteiger charge is -2.14. The van der Waals surface area contributed by atoms with E-state index in [0.717, 1.165) is 11.3 Å². The molecule has 0 saturated carbocycles. The molecule has 2 aromatic carbocycles. The summed E-state index contributed by atoms with van der Waals surface area (Å²) in [5.41, 5.74) is 1.53. The average molecular weight is 323 g/mol. The van der Waals surface area contributed by atoms with E-state index in [-0.39, 0.29) is 12.3 Å². The largest absolute Gasteiger partial charge is 0.497 e. The van der Waals surface area contributed by atoms with Crippen molar-refractivity contribution >= 4 is 0 Å². The number of halogens is 2. The molecule has 0 aliphatic heterocycles. The van der Waals surface area contributed by atoms with Crippen molar-refractivity contribution in [3.63, 3.8) is 0 Å². The monoisotopic (exact) mass is 323 g/mol. The molecule has 4 nitrogen and oxygen atoms in total. The molecule has 124 valence electrons. The van der Waals surface area contributed by atoms with Gasteiger partial charge in [-0.15, -0.1) is 0 Å². The Morgan fingerprint density at radius 1 is 1.09 bits per heavy atom. The molecule has 2 aromatic rings. The highest BCUT2D eigenvalue weighted by Crippen LogP contribution is 2.20. The van der Waals surface area contributed by atoms with Gasteiger partial charge >= 0.3 is 6.61 Å². The van der Waals surface area contributed by atoms with Gasteiger partial charge in [-0.25, -0.2) is 0 Å². The Morgan fingerprint density at radius 2 is 1.83 bits per heavy atom. The lowest BCUT2D eigenvalue weighted by atomic mass is 10.1. The Balaban J connectivity index is 1.88. The number of ether oxygens (including phenoxy) is 2. The van der Waals surface area contributed by atoms with Gasteiger partial charge in [0.05, 0.1) is 13.2 Å². The number of aliphatic hydroxyl groups is 1. The number of nitrogens with one attached hydrogen (secondary N) is 1. The zero-order valence-corrected chi connectivity index (χ0v) is 12.7. The van der Waals surface area contributed by atoms with Crippen LogP contribution < -0.4 is 14.8 Å². The lowest BCUT2D eigenvalue weighted by molar-refractivity contribution is -0.0499. The second-order valence-corrected chi connectivity index (χ2v) is 4.95. The molecule has 2 N–H and O–H groups in total. The summed E-state index contributed by atoms with van der Waals surface area (Å²) in [6.45, 7) is -2.04. The molecule has 0 fully saturated rings. The van der Waals surface area contributed by atoms with Crippen LogP contribution in [-0.2, 0) is 6.54 Å². The van der Waals surface area contributed by atoms with Crippen LogP contribution in [0.15, 0.2) is 48.5 Å². The molecule has 1 atom stereocenters. The zero-order chi connectivity index (χ0) is 16.7. The number of hydrogen-bond donors (Lipinski definition) is 2. The SMILES string of the molecule is COc1cccc(CNCC(O)c2cccc(OC(F)F)c2)c1. The molecule has 6 heteroatoms. The van der Waals surface area contributed by atoms with Crippen molar-refractivity contribution in [2.45, 2.75) is 19.3 Å². The van der Waals surface area contributed by atoms with Crippen LogP contribution in [0.5, 0.6) is 11.5 Å². The predicted molar refractivity (Wildman–Crippen MR) is 82.7 cm³/mol. The summed E-state index contributed by atoms with van der Waals surface area (Å²) < 4.78 is 33.9. The topological polar surface area (TPSA) is 50.7 Å². The summed E-state index contributed by atoms with van der Waals surface area (Å²) in [4.78, 5) is 0. The van der Waals surface area contributed by atoms with E-state index in [1.807, 2.05) is 24.3 Å². The van der Waals surface area contributed by atoms with Crippen molar-refractivity contribution in [3.8, 4) is 11.5 Å². The smallest absolute Gasteiger partial charge is 0.387 e. The van der Waals surface area contributed by atoms with E-state index in [1.54, 1.807) is 19.2 Å². The average Bonchev–Trinajstić information content (AvgIpc) is 2.54. The Labute approximate surface area is 133 Å². The van der Waals surface area contributed by atoms with Gasteiger partial charge in [0, 0.05) is 13.1 Å². The molecule has 0 aliphatic carbocycles. The van der Waals surface area contributed by atoms with Crippen LogP contribution in [-0.4, -0.2) is 25.4 Å². The standard InChI is InChI=1S/C17H19F2NO3/c1-22-14-6-2-4-12(8-14)10-20-11-16(21)13-5-3-7-15(9-13)23-17(18)19/h2-9,16-17,20-21H,10-11H2,1H3. The summed E-state index contributed by atoms with van der Waals surface area (Å²) >= 11 is 0. The molecule has 0 saturated heterocycles. The summed E-state index contributed by atoms with van der Waals surface area (Å²) in [7, 11) is 1.60. The number of methoxy groups -OCH3 is 1. The summed E-state index contributed by atoms with van der Waals surface area (Å²) in [5.74, 6) is 0.797. The Hall–Kier alpha value is -2.18. The first-order valence-electron chi connectivity index (χ1n) is 7.15. The minimum Gasteiger partial charge on any atom is -0.497 e. The second kappa shape index (κ2) is 8.45. The molecule has 0 aromatic heterocycles. The molecular formula is C17H19F2NO3. The molecule has 0 bridgehead atoms. The van der Waals surface area contributed by atoms with Crippen molar-refractivity contribution < 1.29 is 23.4 Å². The maximum atomic E-state index is 12.2. The molecule has 2 rings (SSSR count). The Bertz CT molecular complexity index is 622. The van der Waals surface area contributed by atoms with Crippen LogP contribution in [0.25, 0.3) is 0 Å². The highest BCUT2D eigenvalue weighted by molar-refractivity contribution is 5.30. The highest BCUT2D eigenvalue weighted by Gasteiger charge is 2.10. The van der Waals surface area contributed by atoms with E-state index < -0.39 is 12.7 Å². The minimum absolute atomic E-state index is 0.0318. The third-order valence-corrected chi connectivity index (χ3v) is 3.27. The van der Waals surface area contributed by atoms with E-state index >= 15 is 0 Å². The molecule has 0 spiro atoms. The van der Waals surface area contributed by atoms with Crippen molar-refractivity contribution in [3.05, 3.63) is 59.7 Å². The van der Waals surface area contributed by atoms with Gasteiger partial charge < -0.3 is 19.9 Å². The van der Waals surface area contributed by atoms with E-state index in [2.05, 4.69) is 10.1 Å². The van der Waals surface area contributed by atoms with E-state index in [9.17, 15) is 13.9 Å². The van der Waals surface area contributed by atoms with Gasteiger partial charge in [0.2, 0.25) is 0 Å². The van der Waals surface area contributed by atoms with Crippen LogP contribution in [0.3, 0.4) is 0 Å². The van der Waals surface area contributed by atoms with Gasteiger partial charge in [-0.05, 0) is 35.4 Å². The zero-order valence-electron chi connectivity index (χ0n) is 12.7. The molecule has 1 unspecified atom stereocenters. The molecule has 23 heavy (non-hydrogen) atoms. The third-order valence-electron chi connectivity index (χ3n) is 3.27. The number of alkyl halides is 2. The fraction of sp³-hybridized carbons (Fsp3) is 0.294. The number of rotatable bonds is 8. The van der Waals surface area contributed by atoms with Crippen LogP contribution in [0.4, 0.5) is 8.78 Å². The van der Waals surface area contributed by atoms with Crippen molar-refractivity contribution in [1.82, 2.24) is 5.32 Å². The summed E-state index contributed by atoms with van der Waals surface area (Å²) in [5, 5.41) is 13.2. The van der Waals surface area contributed by atoms with Gasteiger partial charge in [-0.2, -0.15) is 8.78 Å². The third kappa shape index (κ3) is 5.50. The van der Waals surface area contributed by atoms with Crippen LogP contribution in [0, 0.1) is 0 Å². The molecule has 0 radical (unpaired) electrons. The fourth-order valence-corrected chi connectivity index (χ4v) is 2.15. The van der Waals surface area contributed by atoms with E-state index in [1.165, 1.54) is 12.1 Å². The molecule has 0 aliphatic rings. The second-order valence-electron chi connectivity index (χ2n) is 4.95. The van der Waals surface area contributed by atoms with Gasteiger partial charge in [0.15, 0.2) is 0 Å². The van der Waals surface area contributed by atoms with Gasteiger partial charge in [0.1, 0.15) is 11.5 Å². The Morgan fingerprint density at radius 3 is 2.57 bits per heavy atom. The van der Waals surface area contributed by atoms with E-state index in [4.69, 9.17) is 4.74 Å². The van der Waals surface area contributed by atoms with Gasteiger partial charge in [0.25, 0.3) is 0 Å². The van der Waals surface area contributed by atoms with Crippen molar-refractivity contribution in [1.29, 1.82) is 0 Å². The maximum absolute atomic E-state index is 12.2. The normalized spacial score (nSPS) is 12.2. The minimum atomic E-state index is -2.88. The highest BCUT2D eigenvalue weighted by atomic mass is 19.3. The lowest BCUT2D eigenvalue weighted by Crippen LogP contribution is -2.21. The van der Waals surface area contributed by atoms with Crippen LogP contribution in [0.2, 0.25) is 0 Å². The summed E-state index contributed by atoms with van der Waals surface area (Å²) in [6, 6.07) is 13.6. The number of benzene rings is 2. The van der Waals surface area contributed by atoms with Crippen LogP contribution in [0.1, 0.15) is 17.2 Å². The van der Waals surface area contributed by atoms with Crippen molar-refractivity contribution in [2.75, 3.05) is 13.7 Å². The molecular weight excluding hydrogens is 304 g/mol. The number of aliphatic hydroxyl groups excluding tert-OH is 1. The molecule has 0 heterocycles. The first kappa shape index (κ1) is 17.2. The summed E-state index contributed by atoms with van der Waals surface area (Å²) in [6.07, 6.45) is -0.818. The van der Waals surface area contributed by atoms with Crippen molar-refractivity contribution in [2.24, 2.45) is 0 Å². The Kier molecular flexibility index (Phi) is 6.31. The predicted octanol–water partition coefficient (Wildman–Crippen LogP) is 3.12. The van der Waals surface area contributed by atoms with Crippen LogP contribution >= 0.6 is 0 Å². The number of hydrogen-bond acceptors (Lipinski definition) is 4. The fourth-order valence-electron chi connectivity index (χ4n) is 2.15. The van der Waals surface area contributed by atoms with E-state index in [0.29, 0.717) is 12.1 Å². The quantitative estimate of drug-likeness (QED) is 0.784. The maximum Gasteiger partial charge on any atom is 0.387 e.